The summed E-state index contributed by atoms with van der Waals surface area (Å²) in [5.41, 5.74) is 2.60. The van der Waals surface area contributed by atoms with E-state index in [2.05, 4.69) is 0 Å². The van der Waals surface area contributed by atoms with Crippen LogP contribution in [0.4, 0.5) is 8.78 Å². The Morgan fingerprint density at radius 2 is 1.93 bits per heavy atom. The van der Waals surface area contributed by atoms with Crippen molar-refractivity contribution < 1.29 is 17.2 Å². The van der Waals surface area contributed by atoms with Crippen LogP contribution >= 0.6 is 0 Å². The lowest BCUT2D eigenvalue weighted by atomic mass is 10.3. The van der Waals surface area contributed by atoms with E-state index in [1.807, 2.05) is 0 Å². The van der Waals surface area contributed by atoms with Crippen molar-refractivity contribution in [1.29, 1.82) is 0 Å². The van der Waals surface area contributed by atoms with Gasteiger partial charge in [-0.3, -0.25) is 0 Å². The van der Waals surface area contributed by atoms with Gasteiger partial charge in [0.25, 0.3) is 0 Å². The second kappa shape index (κ2) is 4.02. The maximum absolute atomic E-state index is 13.0. The average molecular weight is 221 g/mol. The van der Waals surface area contributed by atoms with Crippen molar-refractivity contribution >= 4 is 9.84 Å². The van der Waals surface area contributed by atoms with Gasteiger partial charge in [-0.2, -0.15) is 0 Å². The topological polar surface area (TPSA) is 60.2 Å². The lowest BCUT2D eigenvalue weighted by molar-refractivity contribution is 0.422. The van der Waals surface area contributed by atoms with Gasteiger partial charge in [0.2, 0.25) is 15.3 Å². The van der Waals surface area contributed by atoms with Crippen LogP contribution in [0, 0.1) is 5.82 Å². The van der Waals surface area contributed by atoms with E-state index >= 15 is 0 Å². The molecule has 0 aliphatic carbocycles. The summed E-state index contributed by atoms with van der Waals surface area (Å²) in [6, 6.07) is 4.60. The molecule has 0 heterocycles. The van der Waals surface area contributed by atoms with Crippen LogP contribution in [-0.4, -0.2) is 20.5 Å². The van der Waals surface area contributed by atoms with Gasteiger partial charge in [-0.25, -0.2) is 17.2 Å². The molecule has 0 radical (unpaired) electrons. The Morgan fingerprint density at radius 3 is 2.43 bits per heavy atom. The zero-order valence-corrected chi connectivity index (χ0v) is 7.97. The molecule has 2 N–H and O–H groups in total. The van der Waals surface area contributed by atoms with Gasteiger partial charge in [0.1, 0.15) is 10.7 Å². The highest BCUT2D eigenvalue weighted by molar-refractivity contribution is 7.92. The van der Waals surface area contributed by atoms with Crippen molar-refractivity contribution in [2.75, 3.05) is 6.54 Å². The van der Waals surface area contributed by atoms with Crippen molar-refractivity contribution in [2.45, 2.75) is 10.4 Å². The molecule has 1 aromatic rings. The highest BCUT2D eigenvalue weighted by Gasteiger charge is 2.28. The third-order valence-electron chi connectivity index (χ3n) is 1.67. The highest BCUT2D eigenvalue weighted by atomic mass is 32.2. The fourth-order valence-electron chi connectivity index (χ4n) is 0.940. The molecule has 0 saturated heterocycles. The molecule has 0 aromatic heterocycles. The summed E-state index contributed by atoms with van der Waals surface area (Å²) in [6.07, 6.45) is 0. The number of hydrogen-bond donors (Lipinski definition) is 1. The summed E-state index contributed by atoms with van der Waals surface area (Å²) in [6.45, 7) is -0.684. The Morgan fingerprint density at radius 1 is 1.36 bits per heavy atom. The number of halogens is 2. The number of sulfone groups is 1. The second-order valence-corrected chi connectivity index (χ2v) is 4.66. The molecule has 0 amide bonds. The van der Waals surface area contributed by atoms with Crippen LogP contribution in [0.2, 0.25) is 0 Å². The van der Waals surface area contributed by atoms with Crippen LogP contribution in [0.3, 0.4) is 0 Å². The molecule has 0 spiro atoms. The molecule has 1 atom stereocenters. The van der Waals surface area contributed by atoms with Crippen LogP contribution in [-0.2, 0) is 9.84 Å². The molecule has 6 heteroatoms. The Labute approximate surface area is 80.5 Å². The molecule has 1 aromatic carbocycles. The molecule has 0 saturated carbocycles. The van der Waals surface area contributed by atoms with Crippen LogP contribution in [0.15, 0.2) is 29.2 Å². The average Bonchev–Trinajstić information content (AvgIpc) is 2.17. The number of alkyl halides is 1. The van der Waals surface area contributed by atoms with Crippen molar-refractivity contribution in [2.24, 2.45) is 5.73 Å². The predicted octanol–water partition coefficient (Wildman–Crippen LogP) is 0.854. The summed E-state index contributed by atoms with van der Waals surface area (Å²) in [4.78, 5) is -0.655. The van der Waals surface area contributed by atoms with E-state index in [0.717, 1.165) is 12.1 Å². The summed E-state index contributed by atoms with van der Waals surface area (Å²) >= 11 is 0. The smallest absolute Gasteiger partial charge is 0.217 e. The van der Waals surface area contributed by atoms with E-state index in [9.17, 15) is 17.2 Å². The zero-order valence-electron chi connectivity index (χ0n) is 7.15. The molecule has 1 rings (SSSR count). The van der Waals surface area contributed by atoms with Gasteiger partial charge in [-0.05, 0) is 12.1 Å². The first-order chi connectivity index (χ1) is 6.50. The van der Waals surface area contributed by atoms with E-state index in [4.69, 9.17) is 5.73 Å². The molecule has 78 valence electrons. The molecule has 0 aliphatic rings. The third kappa shape index (κ3) is 1.91. The monoisotopic (exact) mass is 221 g/mol. The van der Waals surface area contributed by atoms with E-state index in [1.165, 1.54) is 12.1 Å². The molecule has 0 fully saturated rings. The summed E-state index contributed by atoms with van der Waals surface area (Å²) in [5, 5.41) is 0. The largest absolute Gasteiger partial charge is 0.327 e. The molecule has 1 unspecified atom stereocenters. The van der Waals surface area contributed by atoms with E-state index in [-0.39, 0.29) is 0 Å². The Balaban J connectivity index is 3.24. The molecule has 0 bridgehead atoms. The van der Waals surface area contributed by atoms with Gasteiger partial charge in [0, 0.05) is 6.54 Å². The fraction of sp³-hybridized carbons (Fsp3) is 0.250. The lowest BCUT2D eigenvalue weighted by Crippen LogP contribution is -2.26. The first kappa shape index (κ1) is 11.1. The highest BCUT2D eigenvalue weighted by Crippen LogP contribution is 2.19. The fourth-order valence-corrected chi connectivity index (χ4v) is 2.08. The number of hydrogen-bond acceptors (Lipinski definition) is 3. The van der Waals surface area contributed by atoms with Gasteiger partial charge in [-0.15, -0.1) is 0 Å². The maximum Gasteiger partial charge on any atom is 0.217 e. The van der Waals surface area contributed by atoms with Crippen molar-refractivity contribution in [3.8, 4) is 0 Å². The molecule has 0 aliphatic heterocycles. The van der Waals surface area contributed by atoms with Crippen LogP contribution < -0.4 is 5.73 Å². The van der Waals surface area contributed by atoms with Gasteiger partial charge in [0.05, 0.1) is 0 Å². The van der Waals surface area contributed by atoms with E-state index < -0.39 is 32.6 Å². The summed E-state index contributed by atoms with van der Waals surface area (Å²) in [5.74, 6) is -0.969. The zero-order chi connectivity index (χ0) is 10.8. The van der Waals surface area contributed by atoms with Gasteiger partial charge in [-0.1, -0.05) is 12.1 Å². The van der Waals surface area contributed by atoms with Gasteiger partial charge in [0.15, 0.2) is 0 Å². The molecular weight excluding hydrogens is 212 g/mol. The SMILES string of the molecule is NCC(F)S(=O)(=O)c1ccccc1F. The van der Waals surface area contributed by atoms with Gasteiger partial charge >= 0.3 is 0 Å². The van der Waals surface area contributed by atoms with Crippen molar-refractivity contribution in [1.82, 2.24) is 0 Å². The normalized spacial score (nSPS) is 13.9. The Bertz CT molecular complexity index is 419. The molecular formula is C8H9F2NO2S. The number of nitrogens with two attached hydrogens (primary N) is 1. The number of rotatable bonds is 3. The standard InChI is InChI=1S/C8H9F2NO2S/c9-6-3-1-2-4-7(6)14(12,13)8(10)5-11/h1-4,8H,5,11H2. The minimum Gasteiger partial charge on any atom is -0.327 e. The summed E-state index contributed by atoms with van der Waals surface area (Å²) in [7, 11) is -4.29. The first-order valence-electron chi connectivity index (χ1n) is 3.82. The minimum absolute atomic E-state index is 0.655. The molecule has 3 nitrogen and oxygen atoms in total. The Kier molecular flexibility index (Phi) is 3.17. The van der Waals surface area contributed by atoms with Crippen LogP contribution in [0.5, 0.6) is 0 Å². The number of benzene rings is 1. The van der Waals surface area contributed by atoms with Gasteiger partial charge < -0.3 is 5.73 Å². The predicted molar refractivity (Wildman–Crippen MR) is 47.5 cm³/mol. The van der Waals surface area contributed by atoms with E-state index in [1.54, 1.807) is 0 Å². The second-order valence-electron chi connectivity index (χ2n) is 2.62. The summed E-state index contributed by atoms with van der Waals surface area (Å²) < 4.78 is 48.5. The maximum atomic E-state index is 13.0. The van der Waals surface area contributed by atoms with Crippen molar-refractivity contribution in [3.05, 3.63) is 30.1 Å². The van der Waals surface area contributed by atoms with Crippen molar-refractivity contribution in [3.63, 3.8) is 0 Å². The van der Waals surface area contributed by atoms with Crippen LogP contribution in [0.25, 0.3) is 0 Å². The lowest BCUT2D eigenvalue weighted by Gasteiger charge is -2.07. The van der Waals surface area contributed by atoms with Crippen LogP contribution in [0.1, 0.15) is 0 Å². The minimum atomic E-state index is -4.29. The quantitative estimate of drug-likeness (QED) is 0.823. The van der Waals surface area contributed by atoms with E-state index in [0.29, 0.717) is 0 Å². The molecule has 14 heavy (non-hydrogen) atoms. The Hall–Kier alpha value is -1.01. The third-order valence-corrected chi connectivity index (χ3v) is 3.48. The first-order valence-corrected chi connectivity index (χ1v) is 5.37.